The molecule has 0 bridgehead atoms. The van der Waals surface area contributed by atoms with Gasteiger partial charge in [0.1, 0.15) is 6.04 Å². The topological polar surface area (TPSA) is 83.2 Å². The Morgan fingerprint density at radius 1 is 1.03 bits per heavy atom. The summed E-state index contributed by atoms with van der Waals surface area (Å²) in [4.78, 5) is 28.3. The third-order valence-electron chi connectivity index (χ3n) is 4.56. The first-order valence-corrected chi connectivity index (χ1v) is 9.83. The summed E-state index contributed by atoms with van der Waals surface area (Å²) >= 11 is 0. The van der Waals surface area contributed by atoms with Crippen LogP contribution in [-0.4, -0.2) is 29.6 Å². The number of hydrogen-bond acceptors (Lipinski definition) is 3. The van der Waals surface area contributed by atoms with E-state index in [0.29, 0.717) is 19.6 Å². The number of rotatable bonds is 8. The molecule has 0 saturated carbocycles. The van der Waals surface area contributed by atoms with Gasteiger partial charge in [-0.1, -0.05) is 62.4 Å². The molecule has 0 aliphatic heterocycles. The van der Waals surface area contributed by atoms with Crippen molar-refractivity contribution in [1.29, 1.82) is 0 Å². The lowest BCUT2D eigenvalue weighted by molar-refractivity contribution is -0.123. The number of fused-ring (bicyclic) bond motifs is 1. The SMILES string of the molecule is CC(C)COC(=O)N[C@@H](Cc1c[nH]c2ccccc12)C(=O)NCc1ccccc1. The molecule has 0 saturated heterocycles. The van der Waals surface area contributed by atoms with E-state index in [1.807, 2.05) is 74.6 Å². The number of para-hydroxylation sites is 1. The zero-order chi connectivity index (χ0) is 20.6. The van der Waals surface area contributed by atoms with Gasteiger partial charge >= 0.3 is 6.09 Å². The average molecular weight is 393 g/mol. The number of carbonyl (C=O) groups excluding carboxylic acids is 2. The van der Waals surface area contributed by atoms with Gasteiger partial charge in [0, 0.05) is 30.1 Å². The standard InChI is InChI=1S/C23H27N3O3/c1-16(2)15-29-23(28)26-21(22(27)25-13-17-8-4-3-5-9-17)12-18-14-24-20-11-7-6-10-19(18)20/h3-11,14,16,21,24H,12-13,15H2,1-2H3,(H,25,27)(H,26,28)/t21-/m0/s1. The molecule has 3 N–H and O–H groups in total. The average Bonchev–Trinajstić information content (AvgIpc) is 3.14. The van der Waals surface area contributed by atoms with Crippen LogP contribution in [0.4, 0.5) is 4.79 Å². The molecule has 0 unspecified atom stereocenters. The first-order chi connectivity index (χ1) is 14.0. The highest BCUT2D eigenvalue weighted by Gasteiger charge is 2.23. The second-order valence-corrected chi connectivity index (χ2v) is 7.46. The van der Waals surface area contributed by atoms with Gasteiger partial charge in [-0.2, -0.15) is 0 Å². The molecule has 152 valence electrons. The minimum Gasteiger partial charge on any atom is -0.449 e. The number of H-pyrrole nitrogens is 1. The minimum atomic E-state index is -0.738. The highest BCUT2D eigenvalue weighted by atomic mass is 16.5. The molecule has 0 fully saturated rings. The summed E-state index contributed by atoms with van der Waals surface area (Å²) in [5, 5.41) is 6.67. The highest BCUT2D eigenvalue weighted by molar-refractivity contribution is 5.88. The number of alkyl carbamates (subject to hydrolysis) is 1. The smallest absolute Gasteiger partial charge is 0.407 e. The summed E-state index contributed by atoms with van der Waals surface area (Å²) in [5.41, 5.74) is 2.95. The van der Waals surface area contributed by atoms with Gasteiger partial charge in [-0.3, -0.25) is 4.79 Å². The zero-order valence-corrected chi connectivity index (χ0v) is 16.8. The number of nitrogens with one attached hydrogen (secondary N) is 3. The van der Waals surface area contributed by atoms with Crippen LogP contribution in [0.3, 0.4) is 0 Å². The summed E-state index contributed by atoms with van der Waals surface area (Å²) in [5.74, 6) is -0.0274. The van der Waals surface area contributed by atoms with Gasteiger partial charge in [0.2, 0.25) is 5.91 Å². The molecule has 2 amide bonds. The van der Waals surface area contributed by atoms with Crippen molar-refractivity contribution in [1.82, 2.24) is 15.6 Å². The largest absolute Gasteiger partial charge is 0.449 e. The van der Waals surface area contributed by atoms with E-state index in [1.165, 1.54) is 0 Å². The Bertz CT molecular complexity index is 950. The third kappa shape index (κ3) is 5.85. The molecule has 3 rings (SSSR count). The first-order valence-electron chi connectivity index (χ1n) is 9.83. The molecule has 2 aromatic carbocycles. The lowest BCUT2D eigenvalue weighted by Gasteiger charge is -2.19. The zero-order valence-electron chi connectivity index (χ0n) is 16.8. The number of benzene rings is 2. The van der Waals surface area contributed by atoms with Crippen molar-refractivity contribution in [3.63, 3.8) is 0 Å². The predicted octanol–water partition coefficient (Wildman–Crippen LogP) is 3.78. The van der Waals surface area contributed by atoms with E-state index < -0.39 is 12.1 Å². The van der Waals surface area contributed by atoms with Crippen molar-refractivity contribution < 1.29 is 14.3 Å². The minimum absolute atomic E-state index is 0.222. The maximum Gasteiger partial charge on any atom is 0.407 e. The molecule has 1 heterocycles. The van der Waals surface area contributed by atoms with Crippen LogP contribution in [0.25, 0.3) is 10.9 Å². The Balaban J connectivity index is 1.71. The molecule has 6 nitrogen and oxygen atoms in total. The fourth-order valence-electron chi connectivity index (χ4n) is 3.06. The van der Waals surface area contributed by atoms with Crippen LogP contribution >= 0.6 is 0 Å². The summed E-state index contributed by atoms with van der Waals surface area (Å²) < 4.78 is 5.22. The summed E-state index contributed by atoms with van der Waals surface area (Å²) in [6.07, 6.45) is 1.66. The van der Waals surface area contributed by atoms with Gasteiger partial charge in [-0.05, 0) is 23.1 Å². The Hall–Kier alpha value is -3.28. The van der Waals surface area contributed by atoms with Gasteiger partial charge in [0.15, 0.2) is 0 Å². The fraction of sp³-hybridized carbons (Fsp3) is 0.304. The van der Waals surface area contributed by atoms with E-state index >= 15 is 0 Å². The Labute approximate surface area is 170 Å². The van der Waals surface area contributed by atoms with E-state index in [-0.39, 0.29) is 11.8 Å². The van der Waals surface area contributed by atoms with Crippen molar-refractivity contribution in [2.75, 3.05) is 6.61 Å². The van der Waals surface area contributed by atoms with Crippen LogP contribution in [0, 0.1) is 5.92 Å². The van der Waals surface area contributed by atoms with E-state index in [1.54, 1.807) is 0 Å². The Kier molecular flexibility index (Phi) is 6.89. The molecular weight excluding hydrogens is 366 g/mol. The summed E-state index contributed by atoms with van der Waals surface area (Å²) in [6.45, 7) is 4.62. The van der Waals surface area contributed by atoms with Crippen molar-refractivity contribution in [3.8, 4) is 0 Å². The van der Waals surface area contributed by atoms with E-state index in [0.717, 1.165) is 22.0 Å². The molecule has 29 heavy (non-hydrogen) atoms. The van der Waals surface area contributed by atoms with Crippen molar-refractivity contribution in [2.45, 2.75) is 32.9 Å². The van der Waals surface area contributed by atoms with Gasteiger partial charge < -0.3 is 20.4 Å². The van der Waals surface area contributed by atoms with Gasteiger partial charge in [-0.15, -0.1) is 0 Å². The lowest BCUT2D eigenvalue weighted by atomic mass is 10.0. The summed E-state index contributed by atoms with van der Waals surface area (Å²) in [6, 6.07) is 16.8. The monoisotopic (exact) mass is 393 g/mol. The van der Waals surface area contributed by atoms with Gasteiger partial charge in [0.25, 0.3) is 0 Å². The molecule has 1 atom stereocenters. The molecule has 3 aromatic rings. The van der Waals surface area contributed by atoms with E-state index in [2.05, 4.69) is 15.6 Å². The molecule has 1 aromatic heterocycles. The van der Waals surface area contributed by atoms with Crippen LogP contribution in [-0.2, 0) is 22.5 Å². The van der Waals surface area contributed by atoms with Crippen LogP contribution in [0.15, 0.2) is 60.8 Å². The maximum atomic E-state index is 12.9. The number of carbonyl (C=O) groups is 2. The first kappa shape index (κ1) is 20.5. The van der Waals surface area contributed by atoms with Gasteiger partial charge in [0.05, 0.1) is 6.61 Å². The molecule has 0 aliphatic rings. The normalized spacial score (nSPS) is 12.0. The van der Waals surface area contributed by atoms with Crippen LogP contribution < -0.4 is 10.6 Å². The number of amides is 2. The Morgan fingerprint density at radius 2 is 1.76 bits per heavy atom. The van der Waals surface area contributed by atoms with E-state index in [4.69, 9.17) is 4.74 Å². The molecule has 0 spiro atoms. The Morgan fingerprint density at radius 3 is 2.52 bits per heavy atom. The quantitative estimate of drug-likeness (QED) is 0.545. The summed E-state index contributed by atoms with van der Waals surface area (Å²) in [7, 11) is 0. The fourth-order valence-corrected chi connectivity index (χ4v) is 3.06. The van der Waals surface area contributed by atoms with E-state index in [9.17, 15) is 9.59 Å². The van der Waals surface area contributed by atoms with Crippen LogP contribution in [0.1, 0.15) is 25.0 Å². The molecule has 6 heteroatoms. The highest BCUT2D eigenvalue weighted by Crippen LogP contribution is 2.19. The van der Waals surface area contributed by atoms with Gasteiger partial charge in [-0.25, -0.2) is 4.79 Å². The molecule has 0 radical (unpaired) electrons. The van der Waals surface area contributed by atoms with Crippen molar-refractivity contribution >= 4 is 22.9 Å². The number of aromatic nitrogens is 1. The third-order valence-corrected chi connectivity index (χ3v) is 4.56. The second-order valence-electron chi connectivity index (χ2n) is 7.46. The number of hydrogen-bond donors (Lipinski definition) is 3. The second kappa shape index (κ2) is 9.78. The van der Waals surface area contributed by atoms with Crippen LogP contribution in [0.2, 0.25) is 0 Å². The molecule has 0 aliphatic carbocycles. The number of aromatic amines is 1. The van der Waals surface area contributed by atoms with Crippen molar-refractivity contribution in [2.24, 2.45) is 5.92 Å². The lowest BCUT2D eigenvalue weighted by Crippen LogP contribution is -2.48. The van der Waals surface area contributed by atoms with Crippen LogP contribution in [0.5, 0.6) is 0 Å². The maximum absolute atomic E-state index is 12.9. The molecular formula is C23H27N3O3. The number of ether oxygens (including phenoxy) is 1. The predicted molar refractivity (Wildman–Crippen MR) is 113 cm³/mol. The van der Waals surface area contributed by atoms with Crippen molar-refractivity contribution in [3.05, 3.63) is 71.9 Å².